The Hall–Kier alpha value is -1.61. The summed E-state index contributed by atoms with van der Waals surface area (Å²) in [5, 5.41) is 4.26. The molecule has 1 unspecified atom stereocenters. The summed E-state index contributed by atoms with van der Waals surface area (Å²) in [5.41, 5.74) is 2.82. The van der Waals surface area contributed by atoms with Crippen molar-refractivity contribution in [3.63, 3.8) is 0 Å². The summed E-state index contributed by atoms with van der Waals surface area (Å²) >= 11 is 0. The van der Waals surface area contributed by atoms with Crippen LogP contribution in [0.5, 0.6) is 0 Å². The maximum atomic E-state index is 4.26. The average Bonchev–Trinajstić information content (AvgIpc) is 2.75. The van der Waals surface area contributed by atoms with E-state index in [1.54, 1.807) is 0 Å². The molecule has 1 aromatic carbocycles. The molecule has 1 aromatic heterocycles. The van der Waals surface area contributed by atoms with E-state index >= 15 is 0 Å². The lowest BCUT2D eigenvalue weighted by atomic mass is 9.92. The van der Waals surface area contributed by atoms with Crippen molar-refractivity contribution in [1.82, 2.24) is 14.7 Å². The number of hydrogen-bond donors (Lipinski definition) is 0. The fraction of sp³-hybridized carbons (Fsp3) is 0.471. The van der Waals surface area contributed by atoms with Crippen molar-refractivity contribution < 1.29 is 0 Å². The van der Waals surface area contributed by atoms with Crippen molar-refractivity contribution in [2.75, 3.05) is 13.1 Å². The van der Waals surface area contributed by atoms with E-state index < -0.39 is 0 Å². The molecule has 1 aliphatic heterocycles. The van der Waals surface area contributed by atoms with Crippen LogP contribution in [-0.4, -0.2) is 27.8 Å². The number of likely N-dealkylation sites (tertiary alicyclic amines) is 1. The average molecular weight is 269 g/mol. The Kier molecular flexibility index (Phi) is 4.16. The predicted octanol–water partition coefficient (Wildman–Crippen LogP) is 3.19. The standard InChI is InChI=1S/C17H23N3/c1-19-17(9-11-18-19)14-20-12-5-8-16(10-13-20)15-6-3-2-4-7-15/h2-4,6-7,9,11,16H,5,8,10,12-14H2,1H3. The van der Waals surface area contributed by atoms with Crippen molar-refractivity contribution in [1.29, 1.82) is 0 Å². The normalized spacial score (nSPS) is 20.8. The van der Waals surface area contributed by atoms with E-state index in [4.69, 9.17) is 0 Å². The zero-order valence-electron chi connectivity index (χ0n) is 12.2. The van der Waals surface area contributed by atoms with Crippen LogP contribution < -0.4 is 0 Å². The molecule has 3 heteroatoms. The van der Waals surface area contributed by atoms with Crippen LogP contribution >= 0.6 is 0 Å². The number of benzene rings is 1. The maximum absolute atomic E-state index is 4.26. The van der Waals surface area contributed by atoms with Crippen molar-refractivity contribution in [2.45, 2.75) is 31.7 Å². The lowest BCUT2D eigenvalue weighted by Crippen LogP contribution is -2.25. The Bertz CT molecular complexity index is 532. The molecule has 0 radical (unpaired) electrons. The van der Waals surface area contributed by atoms with E-state index in [-0.39, 0.29) is 0 Å². The first kappa shape index (κ1) is 13.4. The Morgan fingerprint density at radius 2 is 1.95 bits per heavy atom. The van der Waals surface area contributed by atoms with Gasteiger partial charge in [0.2, 0.25) is 0 Å². The van der Waals surface area contributed by atoms with Gasteiger partial charge in [0, 0.05) is 19.8 Å². The van der Waals surface area contributed by atoms with Crippen molar-refractivity contribution in [2.24, 2.45) is 7.05 Å². The van der Waals surface area contributed by atoms with Gasteiger partial charge < -0.3 is 0 Å². The molecule has 0 aliphatic carbocycles. The number of hydrogen-bond acceptors (Lipinski definition) is 2. The molecule has 0 amide bonds. The first-order valence-electron chi connectivity index (χ1n) is 7.57. The van der Waals surface area contributed by atoms with Crippen LogP contribution in [0, 0.1) is 0 Å². The molecule has 2 heterocycles. The lowest BCUT2D eigenvalue weighted by molar-refractivity contribution is 0.268. The number of aromatic nitrogens is 2. The number of rotatable bonds is 3. The van der Waals surface area contributed by atoms with Gasteiger partial charge in [-0.05, 0) is 49.9 Å². The highest BCUT2D eigenvalue weighted by molar-refractivity contribution is 5.19. The molecule has 106 valence electrons. The molecule has 1 aliphatic rings. The van der Waals surface area contributed by atoms with Crippen LogP contribution in [0.2, 0.25) is 0 Å². The van der Waals surface area contributed by atoms with E-state index in [1.165, 1.54) is 43.6 Å². The fourth-order valence-electron chi connectivity index (χ4n) is 3.16. The lowest BCUT2D eigenvalue weighted by Gasteiger charge is -2.20. The van der Waals surface area contributed by atoms with Gasteiger partial charge in [0.1, 0.15) is 0 Å². The van der Waals surface area contributed by atoms with Gasteiger partial charge in [-0.1, -0.05) is 30.3 Å². The van der Waals surface area contributed by atoms with Gasteiger partial charge in [0.25, 0.3) is 0 Å². The first-order chi connectivity index (χ1) is 9.83. The molecule has 3 rings (SSSR count). The highest BCUT2D eigenvalue weighted by Crippen LogP contribution is 2.28. The smallest absolute Gasteiger partial charge is 0.0521 e. The highest BCUT2D eigenvalue weighted by Gasteiger charge is 2.18. The van der Waals surface area contributed by atoms with Gasteiger partial charge in [-0.25, -0.2) is 0 Å². The Morgan fingerprint density at radius 3 is 2.70 bits per heavy atom. The quantitative estimate of drug-likeness (QED) is 0.853. The topological polar surface area (TPSA) is 21.1 Å². The summed E-state index contributed by atoms with van der Waals surface area (Å²) in [6.45, 7) is 3.41. The summed E-state index contributed by atoms with van der Waals surface area (Å²) in [4.78, 5) is 2.57. The van der Waals surface area contributed by atoms with Crippen molar-refractivity contribution >= 4 is 0 Å². The zero-order chi connectivity index (χ0) is 13.8. The predicted molar refractivity (Wildman–Crippen MR) is 81.5 cm³/mol. The molecule has 20 heavy (non-hydrogen) atoms. The van der Waals surface area contributed by atoms with Gasteiger partial charge in [-0.3, -0.25) is 9.58 Å². The van der Waals surface area contributed by atoms with Crippen LogP contribution in [0.25, 0.3) is 0 Å². The van der Waals surface area contributed by atoms with Gasteiger partial charge in [0.05, 0.1) is 5.69 Å². The van der Waals surface area contributed by atoms with Gasteiger partial charge >= 0.3 is 0 Å². The summed E-state index contributed by atoms with van der Waals surface area (Å²) < 4.78 is 1.99. The third-order valence-electron chi connectivity index (χ3n) is 4.40. The van der Waals surface area contributed by atoms with Gasteiger partial charge in [0.15, 0.2) is 0 Å². The minimum atomic E-state index is 0.729. The highest BCUT2D eigenvalue weighted by atomic mass is 15.3. The Labute approximate surface area is 121 Å². The monoisotopic (exact) mass is 269 g/mol. The molecular formula is C17H23N3. The van der Waals surface area contributed by atoms with E-state index in [0.29, 0.717) is 0 Å². The molecule has 1 atom stereocenters. The summed E-state index contributed by atoms with van der Waals surface area (Å²) in [5.74, 6) is 0.729. The number of nitrogens with zero attached hydrogens (tertiary/aromatic N) is 3. The third kappa shape index (κ3) is 3.10. The zero-order valence-corrected chi connectivity index (χ0v) is 12.2. The first-order valence-corrected chi connectivity index (χ1v) is 7.57. The molecule has 0 saturated carbocycles. The van der Waals surface area contributed by atoms with Crippen LogP contribution in [0.15, 0.2) is 42.6 Å². The van der Waals surface area contributed by atoms with E-state index in [2.05, 4.69) is 46.4 Å². The molecular weight excluding hydrogens is 246 g/mol. The van der Waals surface area contributed by atoms with Crippen LogP contribution in [0.4, 0.5) is 0 Å². The summed E-state index contributed by atoms with van der Waals surface area (Å²) in [7, 11) is 2.03. The summed E-state index contributed by atoms with van der Waals surface area (Å²) in [6, 6.07) is 13.1. The number of aryl methyl sites for hydroxylation is 1. The minimum Gasteiger partial charge on any atom is -0.298 e. The Balaban J connectivity index is 1.61. The second-order valence-electron chi connectivity index (χ2n) is 5.76. The fourth-order valence-corrected chi connectivity index (χ4v) is 3.16. The summed E-state index contributed by atoms with van der Waals surface area (Å²) in [6.07, 6.45) is 5.76. The van der Waals surface area contributed by atoms with E-state index in [0.717, 1.165) is 12.5 Å². The molecule has 1 fully saturated rings. The molecule has 0 N–H and O–H groups in total. The minimum absolute atomic E-state index is 0.729. The second kappa shape index (κ2) is 6.23. The van der Waals surface area contributed by atoms with E-state index in [1.807, 2.05) is 17.9 Å². The molecule has 0 bridgehead atoms. The molecule has 2 aromatic rings. The van der Waals surface area contributed by atoms with Gasteiger partial charge in [-0.15, -0.1) is 0 Å². The van der Waals surface area contributed by atoms with Crippen LogP contribution in [0.3, 0.4) is 0 Å². The second-order valence-corrected chi connectivity index (χ2v) is 5.76. The SMILES string of the molecule is Cn1nccc1CN1CCCC(c2ccccc2)CC1. The molecule has 3 nitrogen and oxygen atoms in total. The van der Waals surface area contributed by atoms with Gasteiger partial charge in [-0.2, -0.15) is 5.10 Å². The third-order valence-corrected chi connectivity index (χ3v) is 4.40. The van der Waals surface area contributed by atoms with Crippen LogP contribution in [0.1, 0.15) is 36.4 Å². The molecule has 0 spiro atoms. The van der Waals surface area contributed by atoms with Crippen LogP contribution in [-0.2, 0) is 13.6 Å². The van der Waals surface area contributed by atoms with Crippen molar-refractivity contribution in [3.05, 3.63) is 53.9 Å². The van der Waals surface area contributed by atoms with Crippen molar-refractivity contribution in [3.8, 4) is 0 Å². The molecule has 1 saturated heterocycles. The largest absolute Gasteiger partial charge is 0.298 e. The maximum Gasteiger partial charge on any atom is 0.0521 e. The van der Waals surface area contributed by atoms with E-state index in [9.17, 15) is 0 Å². The Morgan fingerprint density at radius 1 is 1.10 bits per heavy atom.